The van der Waals surface area contributed by atoms with Crippen LogP contribution in [-0.2, 0) is 0 Å². The first-order valence-electron chi connectivity index (χ1n) is 15.0. The summed E-state index contributed by atoms with van der Waals surface area (Å²) < 4.78 is 12.2. The van der Waals surface area contributed by atoms with E-state index >= 15 is 0 Å². The average Bonchev–Trinajstić information content (AvgIpc) is 2.90. The third-order valence-electron chi connectivity index (χ3n) is 10.4. The van der Waals surface area contributed by atoms with Crippen LogP contribution in [-0.4, -0.2) is 71.0 Å². The Balaban J connectivity index is 1.75. The molecule has 0 N–H and O–H groups in total. The summed E-state index contributed by atoms with van der Waals surface area (Å²) in [5.74, 6) is 0. The second kappa shape index (κ2) is 12.5. The number of hydrogen-bond acceptors (Lipinski definition) is 4. The molecule has 4 aliphatic rings. The third kappa shape index (κ3) is 5.66. The molecular formula is C28H57N4P. The molecule has 4 nitrogen and oxygen atoms in total. The van der Waals surface area contributed by atoms with E-state index in [1.165, 1.54) is 128 Å². The molecule has 0 aromatic carbocycles. The molecule has 194 valence electrons. The van der Waals surface area contributed by atoms with Crippen molar-refractivity contribution < 1.29 is 0 Å². The van der Waals surface area contributed by atoms with Gasteiger partial charge in [-0.2, -0.15) is 0 Å². The van der Waals surface area contributed by atoms with Gasteiger partial charge in [0.15, 0.2) is 0 Å². The summed E-state index contributed by atoms with van der Waals surface area (Å²) in [6.45, 7) is 0. The van der Waals surface area contributed by atoms with Gasteiger partial charge in [0, 0.05) is 0 Å². The van der Waals surface area contributed by atoms with Crippen LogP contribution < -0.4 is 0 Å². The van der Waals surface area contributed by atoms with Crippen LogP contribution in [0.5, 0.6) is 0 Å². The van der Waals surface area contributed by atoms with E-state index in [-0.39, 0.29) is 0 Å². The number of hydrogen-bond donors (Lipinski definition) is 0. The van der Waals surface area contributed by atoms with Crippen LogP contribution in [0, 0.1) is 0 Å². The van der Waals surface area contributed by atoms with Crippen LogP contribution in [0.3, 0.4) is 0 Å². The van der Waals surface area contributed by atoms with Crippen molar-refractivity contribution in [2.75, 3.05) is 28.2 Å². The van der Waals surface area contributed by atoms with Crippen LogP contribution in [0.1, 0.15) is 128 Å². The predicted octanol–water partition coefficient (Wildman–Crippen LogP) is 7.45. The summed E-state index contributed by atoms with van der Waals surface area (Å²) >= 11 is 0. The Bertz CT molecular complexity index is 461. The standard InChI is InChI=1S/C28H57N4P/c1-29(25-17-9-5-10-18-25)33(30(2)26-19-11-6-12-20-26,31(3)27-21-13-7-14-22-27)32(4)28-23-15-8-16-24-28/h25-28,33H,5-24H2,1-4H3. The summed E-state index contributed by atoms with van der Waals surface area (Å²) in [7, 11) is 8.11. The van der Waals surface area contributed by atoms with Gasteiger partial charge in [0.1, 0.15) is 0 Å². The van der Waals surface area contributed by atoms with E-state index in [0.29, 0.717) is 0 Å². The zero-order valence-electron chi connectivity index (χ0n) is 22.7. The van der Waals surface area contributed by atoms with Crippen LogP contribution in [0.15, 0.2) is 0 Å². The molecule has 0 aromatic heterocycles. The van der Waals surface area contributed by atoms with Crippen molar-refractivity contribution in [3.63, 3.8) is 0 Å². The molecule has 0 atom stereocenters. The van der Waals surface area contributed by atoms with Crippen LogP contribution in [0.2, 0.25) is 0 Å². The van der Waals surface area contributed by atoms with Gasteiger partial charge in [0.25, 0.3) is 0 Å². The van der Waals surface area contributed by atoms with Crippen molar-refractivity contribution in [3.05, 3.63) is 0 Å². The third-order valence-corrected chi connectivity index (χ3v) is 15.6. The Hall–Kier alpha value is 0.270. The van der Waals surface area contributed by atoms with E-state index in [1.807, 2.05) is 0 Å². The molecule has 0 radical (unpaired) electrons. The van der Waals surface area contributed by atoms with Gasteiger partial charge < -0.3 is 0 Å². The minimum absolute atomic E-state index is 0.772. The fraction of sp³-hybridized carbons (Fsp3) is 1.00. The Morgan fingerprint density at radius 3 is 0.697 bits per heavy atom. The van der Waals surface area contributed by atoms with Gasteiger partial charge in [-0.3, -0.25) is 0 Å². The SMILES string of the molecule is CN(C1CCCCC1)[PH](N(C)C1CCCCC1)(N(C)C1CCCCC1)N(C)C1CCCCC1. The average molecular weight is 481 g/mol. The molecular weight excluding hydrogens is 423 g/mol. The van der Waals surface area contributed by atoms with Gasteiger partial charge in [0.05, 0.1) is 0 Å². The number of nitrogens with zero attached hydrogens (tertiary/aromatic N) is 4. The molecule has 0 heterocycles. The summed E-state index contributed by atoms with van der Waals surface area (Å²) in [5, 5.41) is 0. The van der Waals surface area contributed by atoms with Crippen molar-refractivity contribution in [3.8, 4) is 0 Å². The Morgan fingerprint density at radius 2 is 0.515 bits per heavy atom. The predicted molar refractivity (Wildman–Crippen MR) is 147 cm³/mol. The first-order chi connectivity index (χ1) is 16.1. The van der Waals surface area contributed by atoms with Gasteiger partial charge in [-0.05, 0) is 0 Å². The topological polar surface area (TPSA) is 13.0 Å². The Kier molecular flexibility index (Phi) is 9.97. The summed E-state index contributed by atoms with van der Waals surface area (Å²) in [6.07, 6.45) is 28.6. The van der Waals surface area contributed by atoms with Crippen LogP contribution >= 0.6 is 7.87 Å². The molecule has 0 spiro atoms. The quantitative estimate of drug-likeness (QED) is 0.334. The van der Waals surface area contributed by atoms with Gasteiger partial charge in [-0.15, -0.1) is 0 Å². The molecule has 0 unspecified atom stereocenters. The van der Waals surface area contributed by atoms with Crippen LogP contribution in [0.25, 0.3) is 0 Å². The second-order valence-corrected chi connectivity index (χ2v) is 16.2. The first kappa shape index (κ1) is 26.3. The normalized spacial score (nSPS) is 26.7. The van der Waals surface area contributed by atoms with E-state index in [0.717, 1.165) is 24.2 Å². The summed E-state index contributed by atoms with van der Waals surface area (Å²) in [5.41, 5.74) is 0. The monoisotopic (exact) mass is 480 g/mol. The first-order valence-corrected chi connectivity index (χ1v) is 16.8. The van der Waals surface area contributed by atoms with Gasteiger partial charge in [0.2, 0.25) is 0 Å². The van der Waals surface area contributed by atoms with Gasteiger partial charge >= 0.3 is 207 Å². The fourth-order valence-corrected chi connectivity index (χ4v) is 14.3. The molecule has 4 saturated carbocycles. The molecule has 0 aromatic rings. The Labute approximate surface area is 207 Å². The fourth-order valence-electron chi connectivity index (χ4n) is 8.35. The van der Waals surface area contributed by atoms with Gasteiger partial charge in [-0.1, -0.05) is 0 Å². The van der Waals surface area contributed by atoms with Crippen molar-refractivity contribution in [2.24, 2.45) is 0 Å². The van der Waals surface area contributed by atoms with E-state index in [4.69, 9.17) is 0 Å². The molecule has 4 fully saturated rings. The van der Waals surface area contributed by atoms with E-state index < -0.39 is 7.87 Å². The molecule has 0 amide bonds. The van der Waals surface area contributed by atoms with Crippen LogP contribution in [0.4, 0.5) is 0 Å². The molecule has 0 saturated heterocycles. The molecule has 33 heavy (non-hydrogen) atoms. The zero-order valence-corrected chi connectivity index (χ0v) is 23.7. The van der Waals surface area contributed by atoms with E-state index in [9.17, 15) is 0 Å². The molecule has 5 heteroatoms. The van der Waals surface area contributed by atoms with E-state index in [1.54, 1.807) is 0 Å². The van der Waals surface area contributed by atoms with Crippen molar-refractivity contribution >= 4 is 7.87 Å². The van der Waals surface area contributed by atoms with Crippen molar-refractivity contribution in [1.82, 2.24) is 18.7 Å². The maximum atomic E-state index is 3.05. The zero-order chi connectivity index (χ0) is 23.3. The summed E-state index contributed by atoms with van der Waals surface area (Å²) in [4.78, 5) is 0. The molecule has 4 rings (SSSR count). The molecule has 4 aliphatic carbocycles. The Morgan fingerprint density at radius 1 is 0.333 bits per heavy atom. The maximum absolute atomic E-state index is 3.05. The van der Waals surface area contributed by atoms with Crippen molar-refractivity contribution in [1.29, 1.82) is 0 Å². The van der Waals surface area contributed by atoms with E-state index in [2.05, 4.69) is 46.9 Å². The molecule has 0 bridgehead atoms. The number of rotatable bonds is 8. The van der Waals surface area contributed by atoms with Crippen molar-refractivity contribution in [2.45, 2.75) is 153 Å². The second-order valence-electron chi connectivity index (χ2n) is 12.2. The summed E-state index contributed by atoms with van der Waals surface area (Å²) in [6, 6.07) is 3.09. The minimum atomic E-state index is -2.23. The molecule has 0 aliphatic heterocycles. The van der Waals surface area contributed by atoms with Gasteiger partial charge in [-0.25, -0.2) is 0 Å².